The SMILES string of the molecule is COc1ccc(C(=O)Nc2nc(-c3ccc(F)cc3)ns2)cn1. The molecule has 1 amide bonds. The molecule has 0 spiro atoms. The van der Waals surface area contributed by atoms with Crippen LogP contribution in [0.4, 0.5) is 9.52 Å². The third-order valence-corrected chi connectivity index (χ3v) is 3.59. The number of pyridine rings is 1. The van der Waals surface area contributed by atoms with Crippen LogP contribution in [0.3, 0.4) is 0 Å². The van der Waals surface area contributed by atoms with Crippen LogP contribution < -0.4 is 10.1 Å². The Kier molecular flexibility index (Phi) is 4.24. The van der Waals surface area contributed by atoms with Crippen molar-refractivity contribution in [2.45, 2.75) is 0 Å². The zero-order valence-electron chi connectivity index (χ0n) is 12.0. The van der Waals surface area contributed by atoms with Crippen LogP contribution in [0.5, 0.6) is 5.88 Å². The number of amides is 1. The maximum atomic E-state index is 12.9. The summed E-state index contributed by atoms with van der Waals surface area (Å²) in [5.74, 6) is 0.181. The summed E-state index contributed by atoms with van der Waals surface area (Å²) in [6.07, 6.45) is 1.41. The predicted molar refractivity (Wildman–Crippen MR) is 84.0 cm³/mol. The Bertz CT molecular complexity index is 818. The summed E-state index contributed by atoms with van der Waals surface area (Å²) in [6.45, 7) is 0. The summed E-state index contributed by atoms with van der Waals surface area (Å²) in [5.41, 5.74) is 1.05. The van der Waals surface area contributed by atoms with Crippen molar-refractivity contribution >= 4 is 22.6 Å². The van der Waals surface area contributed by atoms with E-state index < -0.39 is 0 Å². The van der Waals surface area contributed by atoms with Gasteiger partial charge in [0.15, 0.2) is 5.82 Å². The lowest BCUT2D eigenvalue weighted by molar-refractivity contribution is 0.102. The van der Waals surface area contributed by atoms with Gasteiger partial charge in [0.2, 0.25) is 11.0 Å². The molecule has 3 aromatic rings. The number of benzene rings is 1. The van der Waals surface area contributed by atoms with Gasteiger partial charge in [0.05, 0.1) is 12.7 Å². The first-order chi connectivity index (χ1) is 11.2. The summed E-state index contributed by atoms with van der Waals surface area (Å²) in [4.78, 5) is 20.3. The first kappa shape index (κ1) is 15.0. The van der Waals surface area contributed by atoms with Crippen LogP contribution >= 0.6 is 11.5 Å². The highest BCUT2D eigenvalue weighted by Crippen LogP contribution is 2.21. The summed E-state index contributed by atoms with van der Waals surface area (Å²) in [5, 5.41) is 3.00. The summed E-state index contributed by atoms with van der Waals surface area (Å²) >= 11 is 1.05. The lowest BCUT2D eigenvalue weighted by atomic mass is 10.2. The third kappa shape index (κ3) is 3.49. The van der Waals surface area contributed by atoms with E-state index in [9.17, 15) is 9.18 Å². The topological polar surface area (TPSA) is 77.0 Å². The molecule has 0 aliphatic carbocycles. The lowest BCUT2D eigenvalue weighted by Crippen LogP contribution is -2.12. The molecule has 0 aliphatic heterocycles. The quantitative estimate of drug-likeness (QED) is 0.796. The van der Waals surface area contributed by atoms with Gasteiger partial charge in [-0.2, -0.15) is 9.36 Å². The molecule has 0 saturated heterocycles. The van der Waals surface area contributed by atoms with Crippen LogP contribution in [-0.2, 0) is 0 Å². The Morgan fingerprint density at radius 1 is 1.22 bits per heavy atom. The van der Waals surface area contributed by atoms with Crippen LogP contribution in [0.15, 0.2) is 42.6 Å². The molecule has 1 aromatic carbocycles. The van der Waals surface area contributed by atoms with Gasteiger partial charge >= 0.3 is 0 Å². The van der Waals surface area contributed by atoms with Crippen molar-refractivity contribution < 1.29 is 13.9 Å². The molecule has 6 nitrogen and oxygen atoms in total. The van der Waals surface area contributed by atoms with E-state index in [4.69, 9.17) is 4.74 Å². The van der Waals surface area contributed by atoms with E-state index in [1.807, 2.05) is 0 Å². The fourth-order valence-electron chi connectivity index (χ4n) is 1.80. The highest BCUT2D eigenvalue weighted by Gasteiger charge is 2.12. The van der Waals surface area contributed by atoms with Crippen LogP contribution in [0.25, 0.3) is 11.4 Å². The van der Waals surface area contributed by atoms with Gasteiger partial charge in [0.1, 0.15) is 5.82 Å². The van der Waals surface area contributed by atoms with Gasteiger partial charge in [-0.05, 0) is 30.3 Å². The lowest BCUT2D eigenvalue weighted by Gasteiger charge is -2.02. The number of carbonyl (C=O) groups excluding carboxylic acids is 1. The molecule has 2 heterocycles. The van der Waals surface area contributed by atoms with Crippen molar-refractivity contribution in [3.05, 3.63) is 54.0 Å². The number of rotatable bonds is 4. The molecular weight excluding hydrogens is 319 g/mol. The molecule has 0 aliphatic rings. The molecule has 0 atom stereocenters. The fourth-order valence-corrected chi connectivity index (χ4v) is 2.38. The highest BCUT2D eigenvalue weighted by molar-refractivity contribution is 7.10. The van der Waals surface area contributed by atoms with Gasteiger partial charge in [-0.15, -0.1) is 0 Å². The first-order valence-corrected chi connectivity index (χ1v) is 7.34. The molecule has 0 bridgehead atoms. The summed E-state index contributed by atoms with van der Waals surface area (Å²) < 4.78 is 22.0. The fraction of sp³-hybridized carbons (Fsp3) is 0.0667. The molecule has 116 valence electrons. The standard InChI is InChI=1S/C15H11FN4O2S/c1-22-12-7-4-10(8-17-12)14(21)19-15-18-13(20-23-15)9-2-5-11(16)6-3-9/h2-8H,1H3,(H,18,19,20,21). The van der Waals surface area contributed by atoms with E-state index in [2.05, 4.69) is 19.7 Å². The van der Waals surface area contributed by atoms with Crippen LogP contribution in [0.1, 0.15) is 10.4 Å². The smallest absolute Gasteiger partial charge is 0.259 e. The Morgan fingerprint density at radius 2 is 2.00 bits per heavy atom. The monoisotopic (exact) mass is 330 g/mol. The number of nitrogens with one attached hydrogen (secondary N) is 1. The van der Waals surface area contributed by atoms with Crippen LogP contribution in [-0.4, -0.2) is 27.4 Å². The van der Waals surface area contributed by atoms with E-state index >= 15 is 0 Å². The molecule has 1 N–H and O–H groups in total. The zero-order valence-corrected chi connectivity index (χ0v) is 12.8. The van der Waals surface area contributed by atoms with Crippen LogP contribution in [0, 0.1) is 5.82 Å². The molecule has 23 heavy (non-hydrogen) atoms. The normalized spacial score (nSPS) is 10.3. The van der Waals surface area contributed by atoms with E-state index in [0.717, 1.165) is 11.5 Å². The number of nitrogens with zero attached hydrogens (tertiary/aromatic N) is 3. The van der Waals surface area contributed by atoms with Crippen molar-refractivity contribution in [2.24, 2.45) is 0 Å². The minimum Gasteiger partial charge on any atom is -0.481 e. The number of carbonyl (C=O) groups is 1. The van der Waals surface area contributed by atoms with Gasteiger partial charge in [-0.1, -0.05) is 0 Å². The molecular formula is C15H11FN4O2S. The maximum absolute atomic E-state index is 12.9. The van der Waals surface area contributed by atoms with Gasteiger partial charge in [-0.3, -0.25) is 10.1 Å². The average Bonchev–Trinajstić information content (AvgIpc) is 3.04. The molecule has 0 fully saturated rings. The van der Waals surface area contributed by atoms with Crippen molar-refractivity contribution in [2.75, 3.05) is 12.4 Å². The molecule has 8 heteroatoms. The molecule has 0 radical (unpaired) electrons. The number of halogens is 1. The second-order valence-electron chi connectivity index (χ2n) is 4.47. The third-order valence-electron chi connectivity index (χ3n) is 2.96. The van der Waals surface area contributed by atoms with Gasteiger partial charge in [0, 0.05) is 29.4 Å². The number of aromatic nitrogens is 3. The van der Waals surface area contributed by atoms with E-state index in [-0.39, 0.29) is 11.7 Å². The van der Waals surface area contributed by atoms with Crippen LogP contribution in [0.2, 0.25) is 0 Å². The highest BCUT2D eigenvalue weighted by atomic mass is 32.1. The second kappa shape index (κ2) is 6.49. The van der Waals surface area contributed by atoms with E-state index in [0.29, 0.717) is 28.0 Å². The van der Waals surface area contributed by atoms with Crippen molar-refractivity contribution in [1.82, 2.24) is 14.3 Å². The van der Waals surface area contributed by atoms with E-state index in [1.54, 1.807) is 24.3 Å². The molecule has 2 aromatic heterocycles. The van der Waals surface area contributed by atoms with Crippen molar-refractivity contribution in [3.63, 3.8) is 0 Å². The average molecular weight is 330 g/mol. The predicted octanol–water partition coefficient (Wildman–Crippen LogP) is 3.00. The number of methoxy groups -OCH3 is 1. The maximum Gasteiger partial charge on any atom is 0.259 e. The Balaban J connectivity index is 1.73. The minimum atomic E-state index is -0.345. The van der Waals surface area contributed by atoms with E-state index in [1.165, 1.54) is 25.4 Å². The Hall–Kier alpha value is -2.87. The van der Waals surface area contributed by atoms with Crippen molar-refractivity contribution in [3.8, 4) is 17.3 Å². The number of hydrogen-bond donors (Lipinski definition) is 1. The second-order valence-corrected chi connectivity index (χ2v) is 5.23. The van der Waals surface area contributed by atoms with Gasteiger partial charge in [-0.25, -0.2) is 9.37 Å². The number of anilines is 1. The van der Waals surface area contributed by atoms with Crippen molar-refractivity contribution in [1.29, 1.82) is 0 Å². The molecule has 0 unspecified atom stereocenters. The van der Waals surface area contributed by atoms with Gasteiger partial charge in [0.25, 0.3) is 5.91 Å². The largest absolute Gasteiger partial charge is 0.481 e. The molecule has 0 saturated carbocycles. The minimum absolute atomic E-state index is 0.329. The number of ether oxygens (including phenoxy) is 1. The van der Waals surface area contributed by atoms with Gasteiger partial charge < -0.3 is 4.74 Å². The summed E-state index contributed by atoms with van der Waals surface area (Å²) in [7, 11) is 1.50. The Labute approximate surface area is 135 Å². The number of hydrogen-bond acceptors (Lipinski definition) is 6. The first-order valence-electron chi connectivity index (χ1n) is 6.57. The zero-order chi connectivity index (χ0) is 16.2. The summed E-state index contributed by atoms with van der Waals surface area (Å²) in [6, 6.07) is 9.02. The Morgan fingerprint density at radius 3 is 2.65 bits per heavy atom. The molecule has 3 rings (SSSR count).